The van der Waals surface area contributed by atoms with E-state index in [0.717, 1.165) is 11.3 Å². The molecule has 1 aromatic rings. The van der Waals surface area contributed by atoms with Gasteiger partial charge in [-0.15, -0.1) is 23.1 Å². The largest absolute Gasteiger partial charge is 0.466 e. The molecule has 0 radical (unpaired) electrons. The second-order valence-electron chi connectivity index (χ2n) is 8.30. The lowest BCUT2D eigenvalue weighted by Crippen LogP contribution is -2.71. The number of carbonyl (C=O) groups excluding carboxylic acids is 4. The van der Waals surface area contributed by atoms with E-state index in [-0.39, 0.29) is 22.2 Å². The Morgan fingerprint density at radius 1 is 1.40 bits per heavy atom. The van der Waals surface area contributed by atoms with E-state index in [0.29, 0.717) is 11.3 Å². The van der Waals surface area contributed by atoms with Crippen LogP contribution < -0.4 is 11.1 Å². The molecule has 3 N–H and O–H groups in total. The number of allylic oxidation sites excluding steroid dienone is 1. The van der Waals surface area contributed by atoms with Crippen LogP contribution in [0.2, 0.25) is 0 Å². The van der Waals surface area contributed by atoms with Gasteiger partial charge >= 0.3 is 11.9 Å². The fourth-order valence-corrected chi connectivity index (χ4v) is 5.02. The number of aromatic nitrogens is 1. The number of nitrogens with two attached hydrogens (primary N) is 1. The molecule has 1 fully saturated rings. The van der Waals surface area contributed by atoms with Gasteiger partial charge in [0.05, 0.1) is 7.11 Å². The lowest BCUT2D eigenvalue weighted by molar-refractivity contribution is -0.158. The molecule has 35 heavy (non-hydrogen) atoms. The molecule has 0 saturated carbocycles. The maximum Gasteiger partial charge on any atom is 0.355 e. The molecule has 0 bridgehead atoms. The van der Waals surface area contributed by atoms with Gasteiger partial charge < -0.3 is 25.4 Å². The fourth-order valence-electron chi connectivity index (χ4n) is 3.13. The number of amides is 2. The number of rotatable bonds is 8. The van der Waals surface area contributed by atoms with Gasteiger partial charge in [-0.2, -0.15) is 0 Å². The molecule has 12 nitrogen and oxygen atoms in total. The molecule has 1 aromatic heterocycles. The minimum Gasteiger partial charge on any atom is -0.466 e. The maximum atomic E-state index is 13.0. The van der Waals surface area contributed by atoms with Crippen LogP contribution in [0.4, 0.5) is 5.13 Å². The van der Waals surface area contributed by atoms with Crippen LogP contribution in [0.25, 0.3) is 0 Å². The van der Waals surface area contributed by atoms with Crippen molar-refractivity contribution in [2.24, 2.45) is 5.16 Å². The van der Waals surface area contributed by atoms with Gasteiger partial charge in [-0.1, -0.05) is 17.8 Å². The molecule has 1 saturated heterocycles. The summed E-state index contributed by atoms with van der Waals surface area (Å²) in [4.78, 5) is 60.4. The number of methoxy groups -OCH3 is 1. The molecule has 0 spiro atoms. The fraction of sp³-hybridized carbons (Fsp3) is 0.429. The first-order chi connectivity index (χ1) is 16.5. The molecule has 2 atom stereocenters. The van der Waals surface area contributed by atoms with Crippen LogP contribution in [0.5, 0.6) is 0 Å². The van der Waals surface area contributed by atoms with E-state index < -0.39 is 47.4 Å². The van der Waals surface area contributed by atoms with Crippen molar-refractivity contribution in [1.29, 1.82) is 0 Å². The minimum atomic E-state index is -0.946. The summed E-state index contributed by atoms with van der Waals surface area (Å²) in [6, 6.07) is -0.946. The number of carbonyl (C=O) groups is 4. The Kier molecular flexibility index (Phi) is 7.85. The lowest BCUT2D eigenvalue weighted by atomic mass is 10.0. The van der Waals surface area contributed by atoms with Crippen LogP contribution in [0, 0.1) is 0 Å². The molecule has 2 amide bonds. The molecule has 0 aromatic carbocycles. The van der Waals surface area contributed by atoms with Crippen LogP contribution in [0.3, 0.4) is 0 Å². The average molecular weight is 524 g/mol. The first kappa shape index (κ1) is 26.2. The summed E-state index contributed by atoms with van der Waals surface area (Å²) in [5.41, 5.74) is 5.41. The number of oxime groups is 1. The van der Waals surface area contributed by atoms with Crippen molar-refractivity contribution in [2.75, 3.05) is 25.2 Å². The quantitative estimate of drug-likeness (QED) is 0.216. The SMILES string of the molecule is C=CC1=C(C(=O)OC(C)(C)C)N2C(=O)[C@@H](NC(=O)/C(=N\OCC(=O)OC)c3csc(N)n3)[C@H]2SC1. The zero-order valence-electron chi connectivity index (χ0n) is 19.5. The van der Waals surface area contributed by atoms with E-state index in [2.05, 4.69) is 26.8 Å². The molecular weight excluding hydrogens is 498 g/mol. The lowest BCUT2D eigenvalue weighted by Gasteiger charge is -2.49. The Labute approximate surface area is 209 Å². The molecule has 0 unspecified atom stereocenters. The molecule has 0 aliphatic carbocycles. The Balaban J connectivity index is 1.79. The van der Waals surface area contributed by atoms with Crippen molar-refractivity contribution in [2.45, 2.75) is 37.8 Å². The molecule has 3 heterocycles. The normalized spacial score (nSPS) is 19.9. The van der Waals surface area contributed by atoms with Gasteiger partial charge in [-0.05, 0) is 26.3 Å². The van der Waals surface area contributed by atoms with Crippen LogP contribution in [0.15, 0.2) is 34.5 Å². The number of hydrogen-bond donors (Lipinski definition) is 2. The number of esters is 2. The van der Waals surface area contributed by atoms with Gasteiger partial charge in [0.2, 0.25) is 6.61 Å². The van der Waals surface area contributed by atoms with Crippen molar-refractivity contribution >= 4 is 57.7 Å². The number of thiazole rings is 1. The van der Waals surface area contributed by atoms with E-state index in [4.69, 9.17) is 15.3 Å². The van der Waals surface area contributed by atoms with Crippen LogP contribution in [-0.2, 0) is 33.5 Å². The summed E-state index contributed by atoms with van der Waals surface area (Å²) in [7, 11) is 1.18. The number of thioether (sulfide) groups is 1. The van der Waals surface area contributed by atoms with Crippen molar-refractivity contribution in [3.63, 3.8) is 0 Å². The third-order valence-corrected chi connectivity index (χ3v) is 6.64. The van der Waals surface area contributed by atoms with Crippen molar-refractivity contribution in [1.82, 2.24) is 15.2 Å². The summed E-state index contributed by atoms with van der Waals surface area (Å²) >= 11 is 2.44. The number of fused-ring (bicyclic) bond motifs is 1. The van der Waals surface area contributed by atoms with Crippen LogP contribution >= 0.6 is 23.1 Å². The van der Waals surface area contributed by atoms with Crippen molar-refractivity contribution < 1.29 is 33.5 Å². The smallest absolute Gasteiger partial charge is 0.355 e. The number of nitrogens with one attached hydrogen (secondary N) is 1. The second kappa shape index (κ2) is 10.5. The van der Waals surface area contributed by atoms with Gasteiger partial charge in [0.1, 0.15) is 28.4 Å². The average Bonchev–Trinajstić information content (AvgIpc) is 3.23. The van der Waals surface area contributed by atoms with E-state index >= 15 is 0 Å². The van der Waals surface area contributed by atoms with Gasteiger partial charge in [0, 0.05) is 11.1 Å². The standard InChI is InChI=1S/C21H25N5O7S2/c1-6-10-8-34-18-14(17(29)26(18)15(10)19(30)33-21(2,3)4)24-16(28)13(11-9-35-20(22)23-11)25-32-7-12(27)31-5/h6,9,14,18H,1,7-8H2,2-5H3,(H2,22,23)(H,24,28)/b25-13-/t14-,18-/m1/s1. The Bertz CT molecular complexity index is 1120. The summed E-state index contributed by atoms with van der Waals surface area (Å²) in [6.07, 6.45) is 1.51. The van der Waals surface area contributed by atoms with Gasteiger partial charge in [-0.3, -0.25) is 14.5 Å². The van der Waals surface area contributed by atoms with E-state index in [1.165, 1.54) is 35.2 Å². The number of β-lactam (4-membered cyclic amide) rings is 1. The number of hydrogen-bond acceptors (Lipinski definition) is 12. The summed E-state index contributed by atoms with van der Waals surface area (Å²) in [6.45, 7) is 8.37. The Morgan fingerprint density at radius 3 is 2.69 bits per heavy atom. The van der Waals surface area contributed by atoms with Gasteiger partial charge in [0.15, 0.2) is 10.8 Å². The molecule has 188 valence electrons. The third kappa shape index (κ3) is 5.82. The van der Waals surface area contributed by atoms with Gasteiger partial charge in [0.25, 0.3) is 11.8 Å². The summed E-state index contributed by atoms with van der Waals surface area (Å²) < 4.78 is 9.95. The number of ether oxygens (including phenoxy) is 2. The summed E-state index contributed by atoms with van der Waals surface area (Å²) in [5, 5.41) is 7.45. The number of nitrogens with zero attached hydrogens (tertiary/aromatic N) is 3. The molecule has 3 rings (SSSR count). The third-order valence-electron chi connectivity index (χ3n) is 4.67. The first-order valence-electron chi connectivity index (χ1n) is 10.3. The van der Waals surface area contributed by atoms with Crippen molar-refractivity contribution in [3.8, 4) is 0 Å². The zero-order chi connectivity index (χ0) is 25.9. The number of anilines is 1. The first-order valence-corrected chi connectivity index (χ1v) is 12.2. The minimum absolute atomic E-state index is 0.108. The monoisotopic (exact) mass is 523 g/mol. The number of nitrogen functional groups attached to an aromatic ring is 1. The predicted octanol–water partition coefficient (Wildman–Crippen LogP) is 0.801. The topological polar surface area (TPSA) is 163 Å². The zero-order valence-corrected chi connectivity index (χ0v) is 21.2. The van der Waals surface area contributed by atoms with E-state index in [9.17, 15) is 19.2 Å². The highest BCUT2D eigenvalue weighted by atomic mass is 32.2. The highest BCUT2D eigenvalue weighted by molar-refractivity contribution is 8.00. The molecular formula is C21H25N5O7S2. The Morgan fingerprint density at radius 2 is 2.11 bits per heavy atom. The van der Waals surface area contributed by atoms with E-state index in [1.807, 2.05) is 0 Å². The van der Waals surface area contributed by atoms with Crippen LogP contribution in [-0.4, -0.2) is 75.8 Å². The highest BCUT2D eigenvalue weighted by Gasteiger charge is 2.54. The highest BCUT2D eigenvalue weighted by Crippen LogP contribution is 2.41. The Hall–Kier alpha value is -3.39. The van der Waals surface area contributed by atoms with E-state index in [1.54, 1.807) is 20.8 Å². The van der Waals surface area contributed by atoms with Gasteiger partial charge in [-0.25, -0.2) is 14.6 Å². The second-order valence-corrected chi connectivity index (χ2v) is 10.3. The molecule has 2 aliphatic rings. The summed E-state index contributed by atoms with van der Waals surface area (Å²) in [5.74, 6) is -2.22. The van der Waals surface area contributed by atoms with Crippen LogP contribution in [0.1, 0.15) is 26.5 Å². The maximum absolute atomic E-state index is 13.0. The predicted molar refractivity (Wildman–Crippen MR) is 129 cm³/mol. The molecule has 14 heteroatoms. The molecule has 2 aliphatic heterocycles. The van der Waals surface area contributed by atoms with Crippen molar-refractivity contribution in [3.05, 3.63) is 35.0 Å².